The zero-order valence-corrected chi connectivity index (χ0v) is 16.5. The van der Waals surface area contributed by atoms with Crippen LogP contribution in [0.1, 0.15) is 25.3 Å². The second-order valence-electron chi connectivity index (χ2n) is 5.74. The lowest BCUT2D eigenvalue weighted by Gasteiger charge is -2.23. The fraction of sp³-hybridized carbons (Fsp3) is 0.529. The van der Waals surface area contributed by atoms with E-state index in [4.69, 9.17) is 0 Å². The highest BCUT2D eigenvalue weighted by Gasteiger charge is 2.22. The highest BCUT2D eigenvalue weighted by atomic mass is 127. The summed E-state index contributed by atoms with van der Waals surface area (Å²) in [6.07, 6.45) is 3.25. The molecule has 128 valence electrons. The van der Waals surface area contributed by atoms with Gasteiger partial charge in [-0.2, -0.15) is 0 Å². The predicted octanol–water partition coefficient (Wildman–Crippen LogP) is 2.50. The van der Waals surface area contributed by atoms with E-state index in [9.17, 15) is 4.79 Å². The van der Waals surface area contributed by atoms with Crippen molar-refractivity contribution in [2.24, 2.45) is 4.99 Å². The highest BCUT2D eigenvalue weighted by molar-refractivity contribution is 14.0. The highest BCUT2D eigenvalue weighted by Crippen LogP contribution is 2.27. The molecule has 5 nitrogen and oxygen atoms in total. The van der Waals surface area contributed by atoms with Crippen molar-refractivity contribution >= 4 is 41.5 Å². The van der Waals surface area contributed by atoms with Crippen LogP contribution >= 0.6 is 24.0 Å². The molecule has 23 heavy (non-hydrogen) atoms. The standard InChI is InChI=1S/C17H26N4O.HI/c1-4-5-11-18-17(19-13-16(22)20(2)3)21-12-10-14-8-6-7-9-15(14)21;/h6-9H,4-5,10-13H2,1-3H3,(H,18,19);1H. The van der Waals surface area contributed by atoms with Crippen LogP contribution in [-0.4, -0.2) is 50.5 Å². The van der Waals surface area contributed by atoms with Gasteiger partial charge in [-0.05, 0) is 24.5 Å². The molecule has 0 bridgehead atoms. The van der Waals surface area contributed by atoms with Crippen molar-refractivity contribution in [3.8, 4) is 0 Å². The van der Waals surface area contributed by atoms with Gasteiger partial charge in [-0.15, -0.1) is 24.0 Å². The molecule has 6 heteroatoms. The third-order valence-corrected chi connectivity index (χ3v) is 3.82. The maximum absolute atomic E-state index is 11.8. The number of fused-ring (bicyclic) bond motifs is 1. The summed E-state index contributed by atoms with van der Waals surface area (Å²) in [6, 6.07) is 8.39. The van der Waals surface area contributed by atoms with Crippen LogP contribution in [0.15, 0.2) is 29.3 Å². The SMILES string of the molecule is CCCCNC(=NCC(=O)N(C)C)N1CCc2ccccc21.I. The number of nitrogens with zero attached hydrogens (tertiary/aromatic N) is 3. The molecular formula is C17H27IN4O. The summed E-state index contributed by atoms with van der Waals surface area (Å²) >= 11 is 0. The van der Waals surface area contributed by atoms with E-state index in [0.717, 1.165) is 38.3 Å². The van der Waals surface area contributed by atoms with Gasteiger partial charge in [0.05, 0.1) is 0 Å². The molecule has 1 aliphatic heterocycles. The van der Waals surface area contributed by atoms with Crippen molar-refractivity contribution in [2.75, 3.05) is 38.6 Å². The Labute approximate surface area is 156 Å². The molecule has 0 spiro atoms. The number of unbranched alkanes of at least 4 members (excludes halogenated alkanes) is 1. The Morgan fingerprint density at radius 3 is 2.78 bits per heavy atom. The van der Waals surface area contributed by atoms with Gasteiger partial charge in [-0.1, -0.05) is 31.5 Å². The van der Waals surface area contributed by atoms with Crippen molar-refractivity contribution in [3.05, 3.63) is 29.8 Å². The fourth-order valence-electron chi connectivity index (χ4n) is 2.46. The number of carbonyl (C=O) groups excluding carboxylic acids is 1. The number of rotatable bonds is 5. The molecule has 1 N–H and O–H groups in total. The lowest BCUT2D eigenvalue weighted by atomic mass is 10.2. The van der Waals surface area contributed by atoms with E-state index < -0.39 is 0 Å². The van der Waals surface area contributed by atoms with Crippen LogP contribution in [-0.2, 0) is 11.2 Å². The summed E-state index contributed by atoms with van der Waals surface area (Å²) in [7, 11) is 3.51. The Hall–Kier alpha value is -1.31. The smallest absolute Gasteiger partial charge is 0.243 e. The zero-order valence-electron chi connectivity index (χ0n) is 14.2. The first-order chi connectivity index (χ1) is 10.6. The molecule has 0 saturated carbocycles. The Balaban J connectivity index is 0.00000264. The number of hydrogen-bond donors (Lipinski definition) is 1. The number of aliphatic imine (C=N–C) groups is 1. The Morgan fingerprint density at radius 2 is 2.09 bits per heavy atom. The maximum Gasteiger partial charge on any atom is 0.243 e. The van der Waals surface area contributed by atoms with Crippen molar-refractivity contribution in [1.82, 2.24) is 10.2 Å². The van der Waals surface area contributed by atoms with Crippen LogP contribution in [0.5, 0.6) is 0 Å². The molecule has 0 radical (unpaired) electrons. The molecule has 1 aromatic rings. The van der Waals surface area contributed by atoms with Crippen LogP contribution in [0.3, 0.4) is 0 Å². The van der Waals surface area contributed by atoms with Gasteiger partial charge in [0.15, 0.2) is 5.96 Å². The molecule has 0 fully saturated rings. The minimum atomic E-state index is 0. The molecule has 1 amide bonds. The number of amides is 1. The van der Waals surface area contributed by atoms with E-state index in [2.05, 4.69) is 40.3 Å². The molecule has 0 saturated heterocycles. The first kappa shape index (κ1) is 19.7. The van der Waals surface area contributed by atoms with Gasteiger partial charge in [0.2, 0.25) is 5.91 Å². The summed E-state index contributed by atoms with van der Waals surface area (Å²) in [6.45, 7) is 4.14. The van der Waals surface area contributed by atoms with Gasteiger partial charge < -0.3 is 15.1 Å². The largest absolute Gasteiger partial charge is 0.356 e. The molecule has 1 aromatic carbocycles. The topological polar surface area (TPSA) is 47.9 Å². The Bertz CT molecular complexity index is 545. The molecule has 2 rings (SSSR count). The first-order valence-corrected chi connectivity index (χ1v) is 7.97. The number of hydrogen-bond acceptors (Lipinski definition) is 2. The van der Waals surface area contributed by atoms with E-state index in [-0.39, 0.29) is 36.4 Å². The third kappa shape index (κ3) is 5.37. The average Bonchev–Trinajstić information content (AvgIpc) is 2.94. The van der Waals surface area contributed by atoms with Crippen LogP contribution in [0, 0.1) is 0 Å². The summed E-state index contributed by atoms with van der Waals surface area (Å²) in [4.78, 5) is 20.1. The quantitative estimate of drug-likeness (QED) is 0.338. The number of nitrogens with one attached hydrogen (secondary N) is 1. The summed E-state index contributed by atoms with van der Waals surface area (Å²) in [5.74, 6) is 0.830. The van der Waals surface area contributed by atoms with Gasteiger partial charge in [-0.3, -0.25) is 4.79 Å². The second kappa shape index (κ2) is 9.75. The molecular weight excluding hydrogens is 403 g/mol. The van der Waals surface area contributed by atoms with Crippen molar-refractivity contribution in [3.63, 3.8) is 0 Å². The molecule has 0 atom stereocenters. The van der Waals surface area contributed by atoms with Crippen LogP contribution < -0.4 is 10.2 Å². The number of para-hydroxylation sites is 1. The lowest BCUT2D eigenvalue weighted by Crippen LogP contribution is -2.42. The number of carbonyl (C=O) groups is 1. The minimum absolute atomic E-state index is 0. The summed E-state index contributed by atoms with van der Waals surface area (Å²) in [5, 5.41) is 3.40. The second-order valence-corrected chi connectivity index (χ2v) is 5.74. The van der Waals surface area contributed by atoms with E-state index in [0.29, 0.717) is 0 Å². The van der Waals surface area contributed by atoms with E-state index in [1.165, 1.54) is 11.3 Å². The van der Waals surface area contributed by atoms with Gasteiger partial charge >= 0.3 is 0 Å². The van der Waals surface area contributed by atoms with Gasteiger partial charge in [-0.25, -0.2) is 4.99 Å². The van der Waals surface area contributed by atoms with Gasteiger partial charge in [0.1, 0.15) is 6.54 Å². The fourth-order valence-corrected chi connectivity index (χ4v) is 2.46. The molecule has 0 aliphatic carbocycles. The van der Waals surface area contributed by atoms with E-state index in [1.54, 1.807) is 19.0 Å². The van der Waals surface area contributed by atoms with Crippen molar-refractivity contribution in [2.45, 2.75) is 26.2 Å². The number of benzene rings is 1. The van der Waals surface area contributed by atoms with Crippen molar-refractivity contribution in [1.29, 1.82) is 0 Å². The first-order valence-electron chi connectivity index (χ1n) is 7.97. The minimum Gasteiger partial charge on any atom is -0.356 e. The summed E-state index contributed by atoms with van der Waals surface area (Å²) in [5.41, 5.74) is 2.54. The van der Waals surface area contributed by atoms with Crippen LogP contribution in [0.2, 0.25) is 0 Å². The number of anilines is 1. The van der Waals surface area contributed by atoms with Crippen LogP contribution in [0.4, 0.5) is 5.69 Å². The molecule has 0 unspecified atom stereocenters. The molecule has 0 aromatic heterocycles. The predicted molar refractivity (Wildman–Crippen MR) is 107 cm³/mol. The van der Waals surface area contributed by atoms with E-state index in [1.807, 2.05) is 6.07 Å². The molecule has 1 heterocycles. The Morgan fingerprint density at radius 1 is 1.35 bits per heavy atom. The Kier molecular flexibility index (Phi) is 8.36. The van der Waals surface area contributed by atoms with Crippen LogP contribution in [0.25, 0.3) is 0 Å². The third-order valence-electron chi connectivity index (χ3n) is 3.82. The number of likely N-dealkylation sites (N-methyl/N-ethyl adjacent to an activating group) is 1. The normalized spacial score (nSPS) is 13.3. The lowest BCUT2D eigenvalue weighted by molar-refractivity contribution is -0.127. The number of halogens is 1. The van der Waals surface area contributed by atoms with Gasteiger partial charge in [0.25, 0.3) is 0 Å². The monoisotopic (exact) mass is 430 g/mol. The van der Waals surface area contributed by atoms with Crippen molar-refractivity contribution < 1.29 is 4.79 Å². The van der Waals surface area contributed by atoms with E-state index >= 15 is 0 Å². The average molecular weight is 430 g/mol. The zero-order chi connectivity index (χ0) is 15.9. The summed E-state index contributed by atoms with van der Waals surface area (Å²) < 4.78 is 0. The number of guanidine groups is 1. The molecule has 1 aliphatic rings. The maximum atomic E-state index is 11.8. The van der Waals surface area contributed by atoms with Gasteiger partial charge in [0, 0.05) is 32.9 Å².